The van der Waals surface area contributed by atoms with Gasteiger partial charge in [-0.05, 0) is 31.1 Å². The molecule has 1 saturated carbocycles. The number of nitrogens with zero attached hydrogens (tertiary/aromatic N) is 2. The zero-order valence-corrected chi connectivity index (χ0v) is 14.7. The number of rotatable bonds is 7. The first-order valence-corrected chi connectivity index (χ1v) is 9.28. The predicted molar refractivity (Wildman–Crippen MR) is 90.0 cm³/mol. The van der Waals surface area contributed by atoms with E-state index in [1.165, 1.54) is 12.2 Å². The summed E-state index contributed by atoms with van der Waals surface area (Å²) in [6.45, 7) is 0.307. The van der Waals surface area contributed by atoms with Gasteiger partial charge in [0.15, 0.2) is 0 Å². The van der Waals surface area contributed by atoms with Gasteiger partial charge >= 0.3 is 5.97 Å². The lowest BCUT2D eigenvalue weighted by molar-refractivity contribution is -0.199. The molecule has 8 nitrogen and oxygen atoms in total. The van der Waals surface area contributed by atoms with Crippen LogP contribution in [0, 0.1) is 23.7 Å². The Morgan fingerprint density at radius 1 is 0.926 bits per heavy atom. The molecule has 8 heteroatoms. The van der Waals surface area contributed by atoms with Crippen molar-refractivity contribution in [2.75, 3.05) is 6.54 Å². The molecule has 0 radical (unpaired) electrons. The van der Waals surface area contributed by atoms with Gasteiger partial charge in [-0.3, -0.25) is 24.1 Å². The number of carbonyl (C=O) groups excluding carboxylic acids is 5. The highest BCUT2D eigenvalue weighted by atomic mass is 16.7. The highest BCUT2D eigenvalue weighted by molar-refractivity contribution is 6.12. The quantitative estimate of drug-likeness (QED) is 0.371. The summed E-state index contributed by atoms with van der Waals surface area (Å²) in [5.74, 6) is -2.70. The first kappa shape index (κ1) is 17.6. The number of imide groups is 2. The standard InChI is InChI=1S/C19H20N2O6/c22-13-7-8-14(23)20(13)9-3-1-2-4-15(24)27-21-18(25)16-11-5-6-12(10-11)17(16)19(21)26/h5-8,11-12,16-17H,1-4,9-10H2/t11-,12+,16?,17?. The summed E-state index contributed by atoms with van der Waals surface area (Å²) >= 11 is 0. The van der Waals surface area contributed by atoms with Gasteiger partial charge in [-0.2, -0.15) is 0 Å². The third-order valence-corrected chi connectivity index (χ3v) is 5.79. The van der Waals surface area contributed by atoms with E-state index in [0.717, 1.165) is 11.3 Å². The third-order valence-electron chi connectivity index (χ3n) is 5.79. The van der Waals surface area contributed by atoms with Crippen molar-refractivity contribution in [3.8, 4) is 0 Å². The van der Waals surface area contributed by atoms with Gasteiger partial charge in [0.2, 0.25) is 0 Å². The number of allylic oxidation sites excluding steroid dienone is 2. The lowest BCUT2D eigenvalue weighted by atomic mass is 9.85. The Bertz CT molecular complexity index is 737. The Morgan fingerprint density at radius 2 is 1.52 bits per heavy atom. The summed E-state index contributed by atoms with van der Waals surface area (Å²) in [6.07, 6.45) is 9.01. The van der Waals surface area contributed by atoms with Gasteiger partial charge in [0.05, 0.1) is 11.8 Å². The number of hydrogen-bond acceptors (Lipinski definition) is 6. The largest absolute Gasteiger partial charge is 0.333 e. The topological polar surface area (TPSA) is 101 Å². The monoisotopic (exact) mass is 372 g/mol. The molecular formula is C19H20N2O6. The molecule has 4 rings (SSSR count). The van der Waals surface area contributed by atoms with Crippen LogP contribution in [0.15, 0.2) is 24.3 Å². The molecule has 0 spiro atoms. The van der Waals surface area contributed by atoms with Gasteiger partial charge in [-0.25, -0.2) is 4.79 Å². The summed E-state index contributed by atoms with van der Waals surface area (Å²) < 4.78 is 0. The molecule has 0 N–H and O–H groups in total. The number of hydrogen-bond donors (Lipinski definition) is 0. The normalized spacial score (nSPS) is 30.8. The Labute approximate surface area is 155 Å². The van der Waals surface area contributed by atoms with Gasteiger partial charge in [-0.1, -0.05) is 18.6 Å². The lowest BCUT2D eigenvalue weighted by Crippen LogP contribution is -2.35. The van der Waals surface area contributed by atoms with Crippen molar-refractivity contribution < 1.29 is 28.8 Å². The predicted octanol–water partition coefficient (Wildman–Crippen LogP) is 0.737. The van der Waals surface area contributed by atoms with E-state index < -0.39 is 17.8 Å². The van der Waals surface area contributed by atoms with Crippen LogP contribution in [0.25, 0.3) is 0 Å². The zero-order valence-electron chi connectivity index (χ0n) is 14.7. The molecule has 0 aromatic rings. The molecule has 2 unspecified atom stereocenters. The molecule has 2 aliphatic carbocycles. The van der Waals surface area contributed by atoms with Crippen LogP contribution in [0.2, 0.25) is 0 Å². The highest BCUT2D eigenvalue weighted by Gasteiger charge is 2.60. The summed E-state index contributed by atoms with van der Waals surface area (Å²) in [5.41, 5.74) is 0. The minimum absolute atomic E-state index is 0.0671. The van der Waals surface area contributed by atoms with Crippen molar-refractivity contribution in [2.45, 2.75) is 32.1 Å². The fraction of sp³-hybridized carbons (Fsp3) is 0.526. The van der Waals surface area contributed by atoms with Crippen LogP contribution >= 0.6 is 0 Å². The van der Waals surface area contributed by atoms with E-state index >= 15 is 0 Å². The van der Waals surface area contributed by atoms with Crippen molar-refractivity contribution >= 4 is 29.6 Å². The first-order valence-electron chi connectivity index (χ1n) is 9.28. The SMILES string of the molecule is O=C(CCCCCN1C(=O)C=CC1=O)ON1C(=O)C2C(C1=O)[C@H]1C=C[C@@H]2C1. The second-order valence-corrected chi connectivity index (χ2v) is 7.41. The van der Waals surface area contributed by atoms with E-state index in [1.54, 1.807) is 0 Å². The van der Waals surface area contributed by atoms with Crippen molar-refractivity contribution in [1.29, 1.82) is 0 Å². The van der Waals surface area contributed by atoms with Crippen molar-refractivity contribution in [3.63, 3.8) is 0 Å². The Morgan fingerprint density at radius 3 is 2.11 bits per heavy atom. The van der Waals surface area contributed by atoms with Gasteiger partial charge in [-0.15, -0.1) is 5.06 Å². The van der Waals surface area contributed by atoms with Crippen LogP contribution in [-0.4, -0.2) is 46.1 Å². The summed E-state index contributed by atoms with van der Waals surface area (Å²) in [5, 5.41) is 0.664. The Hall–Kier alpha value is -2.77. The van der Waals surface area contributed by atoms with E-state index in [2.05, 4.69) is 0 Å². The molecule has 2 bridgehead atoms. The first-order chi connectivity index (χ1) is 13.0. The van der Waals surface area contributed by atoms with Crippen molar-refractivity contribution in [2.24, 2.45) is 23.7 Å². The number of unbranched alkanes of at least 4 members (excludes halogenated alkanes) is 2. The third kappa shape index (κ3) is 2.98. The second-order valence-electron chi connectivity index (χ2n) is 7.41. The van der Waals surface area contributed by atoms with Gasteiger partial charge in [0, 0.05) is 25.1 Å². The Balaban J connectivity index is 1.19. The molecule has 2 aliphatic heterocycles. The molecule has 142 valence electrons. The smallest absolute Gasteiger partial charge is 0.330 e. The van der Waals surface area contributed by atoms with E-state index in [4.69, 9.17) is 4.84 Å². The fourth-order valence-corrected chi connectivity index (χ4v) is 4.48. The number of hydroxylamine groups is 2. The minimum Gasteiger partial charge on any atom is -0.330 e. The average molecular weight is 372 g/mol. The molecule has 2 heterocycles. The molecule has 4 atom stereocenters. The minimum atomic E-state index is -0.619. The van der Waals surface area contributed by atoms with Crippen LogP contribution in [0.4, 0.5) is 0 Å². The van der Waals surface area contributed by atoms with E-state index in [9.17, 15) is 24.0 Å². The molecule has 0 aromatic heterocycles. The van der Waals surface area contributed by atoms with Crippen LogP contribution in [0.1, 0.15) is 32.1 Å². The summed E-state index contributed by atoms with van der Waals surface area (Å²) in [4.78, 5) is 65.9. The number of amides is 4. The summed E-state index contributed by atoms with van der Waals surface area (Å²) in [6, 6.07) is 0. The van der Waals surface area contributed by atoms with E-state index in [0.29, 0.717) is 30.9 Å². The second kappa shape index (κ2) is 6.75. The molecule has 2 fully saturated rings. The molecule has 4 aliphatic rings. The number of carbonyl (C=O) groups is 5. The summed E-state index contributed by atoms with van der Waals surface area (Å²) in [7, 11) is 0. The maximum absolute atomic E-state index is 12.4. The molecule has 1 saturated heterocycles. The fourth-order valence-electron chi connectivity index (χ4n) is 4.48. The van der Waals surface area contributed by atoms with Crippen LogP contribution < -0.4 is 0 Å². The molecule has 0 aromatic carbocycles. The molecular weight excluding hydrogens is 352 g/mol. The van der Waals surface area contributed by atoms with Crippen LogP contribution in [-0.2, 0) is 28.8 Å². The maximum atomic E-state index is 12.4. The zero-order chi connectivity index (χ0) is 19.1. The van der Waals surface area contributed by atoms with Gasteiger partial charge in [0.1, 0.15) is 0 Å². The van der Waals surface area contributed by atoms with Crippen molar-refractivity contribution in [3.05, 3.63) is 24.3 Å². The van der Waals surface area contributed by atoms with Gasteiger partial charge < -0.3 is 4.84 Å². The lowest BCUT2D eigenvalue weighted by Gasteiger charge is -2.16. The van der Waals surface area contributed by atoms with Gasteiger partial charge in [0.25, 0.3) is 23.6 Å². The van der Waals surface area contributed by atoms with E-state index in [-0.39, 0.29) is 41.9 Å². The molecule has 4 amide bonds. The molecule has 27 heavy (non-hydrogen) atoms. The maximum Gasteiger partial charge on any atom is 0.333 e. The van der Waals surface area contributed by atoms with Crippen molar-refractivity contribution in [1.82, 2.24) is 9.96 Å². The average Bonchev–Trinajstić information content (AvgIpc) is 3.38. The highest BCUT2D eigenvalue weighted by Crippen LogP contribution is 2.52. The number of fused-ring (bicyclic) bond motifs is 5. The van der Waals surface area contributed by atoms with Crippen LogP contribution in [0.5, 0.6) is 0 Å². The van der Waals surface area contributed by atoms with Crippen LogP contribution in [0.3, 0.4) is 0 Å². The van der Waals surface area contributed by atoms with E-state index in [1.807, 2.05) is 12.2 Å². The Kier molecular flexibility index (Phi) is 4.41.